The summed E-state index contributed by atoms with van der Waals surface area (Å²) in [7, 11) is 0. The summed E-state index contributed by atoms with van der Waals surface area (Å²) in [5, 5.41) is 13.7. The highest BCUT2D eigenvalue weighted by molar-refractivity contribution is 5.38. The minimum atomic E-state index is -0.547. The zero-order chi connectivity index (χ0) is 11.8. The zero-order valence-corrected chi connectivity index (χ0v) is 9.18. The molecule has 0 saturated carbocycles. The van der Waals surface area contributed by atoms with Crippen molar-refractivity contribution in [2.45, 2.75) is 13.3 Å². The van der Waals surface area contributed by atoms with Crippen molar-refractivity contribution in [3.8, 4) is 5.75 Å². The maximum atomic E-state index is 10.6. The summed E-state index contributed by atoms with van der Waals surface area (Å²) in [6.45, 7) is 4.05. The predicted octanol–water partition coefficient (Wildman–Crippen LogP) is 1.37. The number of hydrogen-bond acceptors (Lipinski definition) is 5. The molecule has 1 aromatic rings. The number of aromatic nitrogens is 1. The molecule has 6 heteroatoms. The molecule has 0 aliphatic heterocycles. The molecule has 16 heavy (non-hydrogen) atoms. The standard InChI is InChI=1S/C10H15N3O3/c1-2-5-11-7-8-16-9-4-3-6-12-10(9)13(14)15/h3-4,6,11H,2,5,7-8H2,1H3. The molecular formula is C10H15N3O3. The van der Waals surface area contributed by atoms with Crippen LogP contribution < -0.4 is 10.1 Å². The van der Waals surface area contributed by atoms with Crippen molar-refractivity contribution in [1.29, 1.82) is 0 Å². The quantitative estimate of drug-likeness (QED) is 0.431. The topological polar surface area (TPSA) is 77.3 Å². The molecule has 0 aromatic carbocycles. The van der Waals surface area contributed by atoms with Gasteiger partial charge in [0, 0.05) is 6.54 Å². The van der Waals surface area contributed by atoms with E-state index in [1.54, 1.807) is 12.1 Å². The van der Waals surface area contributed by atoms with Crippen molar-refractivity contribution in [1.82, 2.24) is 10.3 Å². The van der Waals surface area contributed by atoms with Crippen LogP contribution in [-0.4, -0.2) is 29.6 Å². The van der Waals surface area contributed by atoms with Crippen LogP contribution in [0.25, 0.3) is 0 Å². The Balaban J connectivity index is 2.44. The van der Waals surface area contributed by atoms with E-state index in [-0.39, 0.29) is 11.6 Å². The molecule has 1 rings (SSSR count). The maximum absolute atomic E-state index is 10.6. The fourth-order valence-corrected chi connectivity index (χ4v) is 1.17. The minimum absolute atomic E-state index is 0.214. The van der Waals surface area contributed by atoms with Crippen molar-refractivity contribution < 1.29 is 9.66 Å². The van der Waals surface area contributed by atoms with Crippen LogP contribution in [0.15, 0.2) is 18.3 Å². The van der Waals surface area contributed by atoms with Crippen LogP contribution in [0.2, 0.25) is 0 Å². The molecule has 0 fully saturated rings. The Morgan fingerprint density at radius 2 is 2.38 bits per heavy atom. The average molecular weight is 225 g/mol. The Morgan fingerprint density at radius 3 is 3.06 bits per heavy atom. The van der Waals surface area contributed by atoms with Crippen LogP contribution in [0, 0.1) is 10.1 Å². The third-order valence-corrected chi connectivity index (χ3v) is 1.89. The Labute approximate surface area is 93.8 Å². The van der Waals surface area contributed by atoms with E-state index in [0.29, 0.717) is 13.2 Å². The molecule has 0 saturated heterocycles. The Hall–Kier alpha value is -1.69. The predicted molar refractivity (Wildman–Crippen MR) is 59.5 cm³/mol. The van der Waals surface area contributed by atoms with Gasteiger partial charge in [-0.2, -0.15) is 0 Å². The Morgan fingerprint density at radius 1 is 1.56 bits per heavy atom. The van der Waals surface area contributed by atoms with E-state index in [9.17, 15) is 10.1 Å². The van der Waals surface area contributed by atoms with Crippen LogP contribution in [0.1, 0.15) is 13.3 Å². The summed E-state index contributed by atoms with van der Waals surface area (Å²) in [5.74, 6) is -0.0243. The van der Waals surface area contributed by atoms with Crippen LogP contribution in [0.5, 0.6) is 5.75 Å². The lowest BCUT2D eigenvalue weighted by molar-refractivity contribution is -0.390. The first kappa shape index (κ1) is 12.4. The number of rotatable bonds is 7. The molecule has 0 spiro atoms. The number of nitro groups is 1. The monoisotopic (exact) mass is 225 g/mol. The maximum Gasteiger partial charge on any atom is 0.406 e. The van der Waals surface area contributed by atoms with Crippen molar-refractivity contribution in [3.63, 3.8) is 0 Å². The molecule has 0 bridgehead atoms. The SMILES string of the molecule is CCCNCCOc1cccnc1[N+](=O)[O-]. The third-order valence-electron chi connectivity index (χ3n) is 1.89. The van der Waals surface area contributed by atoms with Crippen LogP contribution in [0.4, 0.5) is 5.82 Å². The highest BCUT2D eigenvalue weighted by Crippen LogP contribution is 2.22. The lowest BCUT2D eigenvalue weighted by atomic mass is 10.4. The number of nitrogens with one attached hydrogen (secondary N) is 1. The molecule has 88 valence electrons. The summed E-state index contributed by atoms with van der Waals surface area (Å²) >= 11 is 0. The number of hydrogen-bond donors (Lipinski definition) is 1. The molecule has 0 unspecified atom stereocenters. The van der Waals surface area contributed by atoms with E-state index in [1.807, 2.05) is 0 Å². The first-order valence-corrected chi connectivity index (χ1v) is 5.18. The lowest BCUT2D eigenvalue weighted by Gasteiger charge is -2.06. The van der Waals surface area contributed by atoms with Gasteiger partial charge in [-0.25, -0.2) is 0 Å². The summed E-state index contributed by atoms with van der Waals surface area (Å²) < 4.78 is 5.28. The lowest BCUT2D eigenvalue weighted by Crippen LogP contribution is -2.21. The van der Waals surface area contributed by atoms with Gasteiger partial charge in [0.1, 0.15) is 12.8 Å². The van der Waals surface area contributed by atoms with Crippen molar-refractivity contribution in [2.24, 2.45) is 0 Å². The molecule has 1 heterocycles. The smallest absolute Gasteiger partial charge is 0.406 e. The second kappa shape index (κ2) is 6.73. The van der Waals surface area contributed by atoms with Gasteiger partial charge in [0.2, 0.25) is 5.75 Å². The Bertz CT molecular complexity index is 344. The summed E-state index contributed by atoms with van der Waals surface area (Å²) in [4.78, 5) is 13.7. The van der Waals surface area contributed by atoms with Crippen LogP contribution in [-0.2, 0) is 0 Å². The van der Waals surface area contributed by atoms with Gasteiger partial charge in [-0.05, 0) is 35.0 Å². The second-order valence-electron chi connectivity index (χ2n) is 3.18. The van der Waals surface area contributed by atoms with Gasteiger partial charge in [-0.3, -0.25) is 0 Å². The highest BCUT2D eigenvalue weighted by Gasteiger charge is 2.14. The van der Waals surface area contributed by atoms with E-state index >= 15 is 0 Å². The molecule has 0 aliphatic carbocycles. The first-order valence-electron chi connectivity index (χ1n) is 5.18. The molecule has 0 atom stereocenters. The second-order valence-corrected chi connectivity index (χ2v) is 3.18. The van der Waals surface area contributed by atoms with Gasteiger partial charge in [0.15, 0.2) is 0 Å². The van der Waals surface area contributed by atoms with E-state index in [1.165, 1.54) is 6.20 Å². The van der Waals surface area contributed by atoms with Gasteiger partial charge >= 0.3 is 5.82 Å². The molecule has 1 N–H and O–H groups in total. The van der Waals surface area contributed by atoms with Gasteiger partial charge in [-0.15, -0.1) is 0 Å². The number of nitrogens with zero attached hydrogens (tertiary/aromatic N) is 2. The fraction of sp³-hybridized carbons (Fsp3) is 0.500. The largest absolute Gasteiger partial charge is 0.484 e. The molecule has 6 nitrogen and oxygen atoms in total. The highest BCUT2D eigenvalue weighted by atomic mass is 16.6. The molecule has 0 radical (unpaired) electrons. The third kappa shape index (κ3) is 3.82. The van der Waals surface area contributed by atoms with Gasteiger partial charge < -0.3 is 20.2 Å². The van der Waals surface area contributed by atoms with Crippen LogP contribution in [0.3, 0.4) is 0 Å². The summed E-state index contributed by atoms with van der Waals surface area (Å²) in [6.07, 6.45) is 2.42. The van der Waals surface area contributed by atoms with Crippen molar-refractivity contribution in [3.05, 3.63) is 28.4 Å². The molecular weight excluding hydrogens is 210 g/mol. The van der Waals surface area contributed by atoms with Gasteiger partial charge in [0.05, 0.1) is 0 Å². The fourth-order valence-electron chi connectivity index (χ4n) is 1.17. The van der Waals surface area contributed by atoms with Crippen molar-refractivity contribution >= 4 is 5.82 Å². The molecule has 0 aliphatic rings. The van der Waals surface area contributed by atoms with E-state index in [4.69, 9.17) is 4.74 Å². The zero-order valence-electron chi connectivity index (χ0n) is 9.18. The van der Waals surface area contributed by atoms with Gasteiger partial charge in [0.25, 0.3) is 0 Å². The average Bonchev–Trinajstić information content (AvgIpc) is 2.29. The molecule has 0 amide bonds. The number of ether oxygens (including phenoxy) is 1. The normalized spacial score (nSPS) is 10.1. The molecule has 1 aromatic heterocycles. The van der Waals surface area contributed by atoms with E-state index in [0.717, 1.165) is 13.0 Å². The first-order chi connectivity index (χ1) is 7.75. The number of pyridine rings is 1. The van der Waals surface area contributed by atoms with Gasteiger partial charge in [-0.1, -0.05) is 6.92 Å². The summed E-state index contributed by atoms with van der Waals surface area (Å²) in [6, 6.07) is 3.16. The van der Waals surface area contributed by atoms with Crippen LogP contribution >= 0.6 is 0 Å². The summed E-state index contributed by atoms with van der Waals surface area (Å²) in [5.41, 5.74) is 0. The van der Waals surface area contributed by atoms with Crippen molar-refractivity contribution in [2.75, 3.05) is 19.7 Å². The van der Waals surface area contributed by atoms with E-state index < -0.39 is 4.92 Å². The van der Waals surface area contributed by atoms with E-state index in [2.05, 4.69) is 17.2 Å². The Kier molecular flexibility index (Phi) is 5.21. The minimum Gasteiger partial charge on any atom is -0.484 e.